The van der Waals surface area contributed by atoms with E-state index in [-0.39, 0.29) is 5.38 Å². The first kappa shape index (κ1) is 14.5. The van der Waals surface area contributed by atoms with Gasteiger partial charge in [0.2, 0.25) is 0 Å². The van der Waals surface area contributed by atoms with Crippen molar-refractivity contribution < 1.29 is 9.47 Å². The van der Waals surface area contributed by atoms with Crippen LogP contribution < -0.4 is 9.47 Å². The zero-order valence-corrected chi connectivity index (χ0v) is 13.2. The highest BCUT2D eigenvalue weighted by Gasteiger charge is 2.21. The Bertz CT molecular complexity index is 581. The van der Waals surface area contributed by atoms with Crippen molar-refractivity contribution in [3.8, 4) is 11.5 Å². The van der Waals surface area contributed by atoms with E-state index in [0.29, 0.717) is 16.5 Å². The van der Waals surface area contributed by atoms with Gasteiger partial charge in [0.05, 0.1) is 19.6 Å². The number of ether oxygens (including phenoxy) is 2. The van der Waals surface area contributed by atoms with Crippen molar-refractivity contribution in [2.45, 2.75) is 12.3 Å². The highest BCUT2D eigenvalue weighted by atomic mass is 35.5. The van der Waals surface area contributed by atoms with E-state index in [0.717, 1.165) is 11.1 Å². The second kappa shape index (κ2) is 6.04. The molecule has 0 aliphatic heterocycles. The van der Waals surface area contributed by atoms with Crippen LogP contribution in [0.3, 0.4) is 0 Å². The Balaban J connectivity index is 2.51. The molecule has 2 nitrogen and oxygen atoms in total. The van der Waals surface area contributed by atoms with E-state index in [2.05, 4.69) is 5.38 Å². The van der Waals surface area contributed by atoms with Gasteiger partial charge in [-0.1, -0.05) is 11.6 Å². The van der Waals surface area contributed by atoms with Crippen molar-refractivity contribution in [1.82, 2.24) is 0 Å². The van der Waals surface area contributed by atoms with Gasteiger partial charge in [-0.25, -0.2) is 0 Å². The highest BCUT2D eigenvalue weighted by Crippen LogP contribution is 2.44. The second-order valence-corrected chi connectivity index (χ2v) is 5.63. The smallest absolute Gasteiger partial charge is 0.146 e. The normalized spacial score (nSPS) is 12.3. The average molecular weight is 317 g/mol. The maximum absolute atomic E-state index is 6.56. The zero-order chi connectivity index (χ0) is 14.0. The minimum absolute atomic E-state index is 0.287. The summed E-state index contributed by atoms with van der Waals surface area (Å²) in [6, 6.07) is 3.69. The van der Waals surface area contributed by atoms with E-state index < -0.39 is 0 Å². The van der Waals surface area contributed by atoms with E-state index in [9.17, 15) is 0 Å². The molecular weight excluding hydrogens is 303 g/mol. The lowest BCUT2D eigenvalue weighted by Gasteiger charge is -2.17. The molecule has 1 unspecified atom stereocenters. The van der Waals surface area contributed by atoms with Gasteiger partial charge in [0, 0.05) is 5.56 Å². The Morgan fingerprint density at radius 2 is 1.84 bits per heavy atom. The lowest BCUT2D eigenvalue weighted by atomic mass is 10.0. The van der Waals surface area contributed by atoms with E-state index >= 15 is 0 Å². The van der Waals surface area contributed by atoms with Crippen LogP contribution in [0.4, 0.5) is 0 Å². The molecule has 0 N–H and O–H groups in total. The molecule has 0 saturated heterocycles. The third-order valence-corrected chi connectivity index (χ3v) is 4.67. The molecule has 1 aromatic carbocycles. The summed E-state index contributed by atoms with van der Waals surface area (Å²) in [6.45, 7) is 2.04. The van der Waals surface area contributed by atoms with Crippen LogP contribution in [0.2, 0.25) is 5.02 Å². The number of hydrogen-bond donors (Lipinski definition) is 0. The van der Waals surface area contributed by atoms with Crippen molar-refractivity contribution in [3.05, 3.63) is 44.6 Å². The number of benzene rings is 1. The molecule has 1 heterocycles. The summed E-state index contributed by atoms with van der Waals surface area (Å²) in [4.78, 5) is 0. The van der Waals surface area contributed by atoms with Crippen LogP contribution in [0.5, 0.6) is 11.5 Å². The standard InChI is InChI=1S/C14H14Cl2O2S/c1-8-6-19-7-10(8)12(15)9-4-5-11(17-2)13(16)14(9)18-3/h4-7,12H,1-3H3. The van der Waals surface area contributed by atoms with Crippen molar-refractivity contribution in [1.29, 1.82) is 0 Å². The summed E-state index contributed by atoms with van der Waals surface area (Å²) in [5.74, 6) is 1.14. The van der Waals surface area contributed by atoms with Crippen LogP contribution in [0.25, 0.3) is 0 Å². The van der Waals surface area contributed by atoms with Gasteiger partial charge in [-0.2, -0.15) is 11.3 Å². The maximum Gasteiger partial charge on any atom is 0.146 e. The Morgan fingerprint density at radius 1 is 1.11 bits per heavy atom. The molecule has 0 aliphatic carbocycles. The Labute approximate surface area is 126 Å². The predicted octanol–water partition coefficient (Wildman–Crippen LogP) is 5.06. The Kier molecular flexibility index (Phi) is 4.61. The van der Waals surface area contributed by atoms with Crippen LogP contribution in [-0.2, 0) is 0 Å². The molecule has 0 spiro atoms. The lowest BCUT2D eigenvalue weighted by molar-refractivity contribution is 0.392. The summed E-state index contributed by atoms with van der Waals surface area (Å²) in [6.07, 6.45) is 0. The van der Waals surface area contributed by atoms with Crippen molar-refractivity contribution in [2.24, 2.45) is 0 Å². The van der Waals surface area contributed by atoms with Crippen molar-refractivity contribution >= 4 is 34.5 Å². The fourth-order valence-corrected chi connectivity index (χ4v) is 3.60. The van der Waals surface area contributed by atoms with Crippen LogP contribution in [-0.4, -0.2) is 14.2 Å². The summed E-state index contributed by atoms with van der Waals surface area (Å²) in [5, 5.41) is 4.28. The van der Waals surface area contributed by atoms with Crippen molar-refractivity contribution in [2.75, 3.05) is 14.2 Å². The summed E-state index contributed by atoms with van der Waals surface area (Å²) < 4.78 is 10.6. The molecule has 2 aromatic rings. The number of thiophene rings is 1. The molecule has 0 bridgehead atoms. The molecule has 0 aliphatic rings. The van der Waals surface area contributed by atoms with Gasteiger partial charge in [0.15, 0.2) is 0 Å². The molecule has 5 heteroatoms. The Morgan fingerprint density at radius 3 is 2.37 bits per heavy atom. The minimum Gasteiger partial charge on any atom is -0.495 e. The second-order valence-electron chi connectivity index (χ2n) is 4.08. The molecule has 0 radical (unpaired) electrons. The topological polar surface area (TPSA) is 18.5 Å². The van der Waals surface area contributed by atoms with Crippen molar-refractivity contribution in [3.63, 3.8) is 0 Å². The molecule has 19 heavy (non-hydrogen) atoms. The molecule has 102 valence electrons. The van der Waals surface area contributed by atoms with E-state index in [1.807, 2.05) is 18.4 Å². The lowest BCUT2D eigenvalue weighted by Crippen LogP contribution is -1.99. The quantitative estimate of drug-likeness (QED) is 0.734. The van der Waals surface area contributed by atoms with Crippen LogP contribution in [0.1, 0.15) is 22.1 Å². The fourth-order valence-electron chi connectivity index (χ4n) is 1.92. The predicted molar refractivity (Wildman–Crippen MR) is 81.3 cm³/mol. The van der Waals surface area contributed by atoms with Gasteiger partial charge < -0.3 is 9.47 Å². The third kappa shape index (κ3) is 2.69. The molecule has 1 atom stereocenters. The van der Waals surface area contributed by atoms with Gasteiger partial charge in [0.1, 0.15) is 16.5 Å². The largest absolute Gasteiger partial charge is 0.495 e. The van der Waals surface area contributed by atoms with Crippen LogP contribution in [0, 0.1) is 6.92 Å². The monoisotopic (exact) mass is 316 g/mol. The summed E-state index contributed by atoms with van der Waals surface area (Å²) in [7, 11) is 3.15. The SMILES string of the molecule is COc1ccc(C(Cl)c2cscc2C)c(OC)c1Cl. The number of alkyl halides is 1. The number of methoxy groups -OCH3 is 2. The third-order valence-electron chi connectivity index (χ3n) is 2.96. The van der Waals surface area contributed by atoms with Gasteiger partial charge in [-0.05, 0) is 40.9 Å². The molecule has 0 fully saturated rings. The number of rotatable bonds is 4. The Hall–Kier alpha value is -0.900. The molecule has 0 saturated carbocycles. The number of halogens is 2. The highest BCUT2D eigenvalue weighted by molar-refractivity contribution is 7.08. The zero-order valence-electron chi connectivity index (χ0n) is 10.9. The van der Waals surface area contributed by atoms with Crippen LogP contribution >= 0.6 is 34.5 Å². The molecule has 2 rings (SSSR count). The number of hydrogen-bond acceptors (Lipinski definition) is 3. The maximum atomic E-state index is 6.56. The van der Waals surface area contributed by atoms with E-state index in [4.69, 9.17) is 32.7 Å². The molecule has 0 amide bonds. The first-order valence-electron chi connectivity index (χ1n) is 5.67. The molecule has 1 aromatic heterocycles. The minimum atomic E-state index is -0.287. The average Bonchev–Trinajstić information content (AvgIpc) is 2.83. The van der Waals surface area contributed by atoms with E-state index in [1.54, 1.807) is 31.6 Å². The van der Waals surface area contributed by atoms with Gasteiger partial charge >= 0.3 is 0 Å². The van der Waals surface area contributed by atoms with Gasteiger partial charge in [0.25, 0.3) is 0 Å². The summed E-state index contributed by atoms with van der Waals surface area (Å²) in [5.41, 5.74) is 3.08. The van der Waals surface area contributed by atoms with Crippen LogP contribution in [0.15, 0.2) is 22.9 Å². The van der Waals surface area contributed by atoms with Gasteiger partial charge in [-0.15, -0.1) is 11.6 Å². The fraction of sp³-hybridized carbons (Fsp3) is 0.286. The van der Waals surface area contributed by atoms with E-state index in [1.165, 1.54) is 5.56 Å². The molecular formula is C14H14Cl2O2S. The first-order chi connectivity index (χ1) is 9.10. The van der Waals surface area contributed by atoms with Gasteiger partial charge in [-0.3, -0.25) is 0 Å². The first-order valence-corrected chi connectivity index (χ1v) is 7.43. The number of aryl methyl sites for hydroxylation is 1. The summed E-state index contributed by atoms with van der Waals surface area (Å²) >= 11 is 14.4.